The molecule has 8 nitrogen and oxygen atoms in total. The number of hydroxylamine groups is 1. The van der Waals surface area contributed by atoms with E-state index in [1.54, 1.807) is 41.5 Å². The van der Waals surface area contributed by atoms with Crippen LogP contribution in [-0.4, -0.2) is 36.7 Å². The first kappa shape index (κ1) is 23.2. The number of benzene rings is 3. The van der Waals surface area contributed by atoms with Crippen LogP contribution in [0, 0.1) is 5.92 Å². The summed E-state index contributed by atoms with van der Waals surface area (Å²) in [7, 11) is 1.45. The first-order chi connectivity index (χ1) is 16.9. The van der Waals surface area contributed by atoms with Crippen molar-refractivity contribution in [2.45, 2.75) is 19.1 Å². The van der Waals surface area contributed by atoms with Crippen molar-refractivity contribution >= 4 is 39.1 Å². The van der Waals surface area contributed by atoms with Crippen LogP contribution in [0.2, 0.25) is 0 Å². The molecule has 3 atom stereocenters. The Labute approximate surface area is 210 Å². The molecule has 0 radical (unpaired) electrons. The van der Waals surface area contributed by atoms with Crippen molar-refractivity contribution in [3.05, 3.63) is 76.8 Å². The number of fused-ring (bicyclic) bond motifs is 1. The van der Waals surface area contributed by atoms with Gasteiger partial charge in [-0.2, -0.15) is 0 Å². The molecule has 0 spiro atoms. The Hall–Kier alpha value is -3.56. The van der Waals surface area contributed by atoms with Crippen LogP contribution in [0.4, 0.5) is 11.4 Å². The number of nitrogens with zero attached hydrogens (tertiary/aromatic N) is 2. The van der Waals surface area contributed by atoms with E-state index < -0.39 is 24.0 Å². The summed E-state index contributed by atoms with van der Waals surface area (Å²) in [5.41, 5.74) is 1.77. The smallest absolute Gasteiger partial charge is 0.266 e. The van der Waals surface area contributed by atoms with Gasteiger partial charge in [-0.05, 0) is 64.8 Å². The van der Waals surface area contributed by atoms with Gasteiger partial charge in [0.1, 0.15) is 11.7 Å². The van der Waals surface area contributed by atoms with Gasteiger partial charge in [-0.1, -0.05) is 24.3 Å². The van der Waals surface area contributed by atoms with Gasteiger partial charge >= 0.3 is 0 Å². The monoisotopic (exact) mass is 538 g/mol. The first-order valence-corrected chi connectivity index (χ1v) is 11.9. The number of para-hydroxylation sites is 1. The number of anilines is 2. The van der Waals surface area contributed by atoms with Gasteiger partial charge in [0.05, 0.1) is 35.6 Å². The zero-order valence-electron chi connectivity index (χ0n) is 19.1. The number of carbonyl (C=O) groups excluding carboxylic acids is 2. The van der Waals surface area contributed by atoms with Gasteiger partial charge in [0.25, 0.3) is 5.91 Å². The van der Waals surface area contributed by atoms with E-state index in [9.17, 15) is 14.7 Å². The molecule has 0 saturated carbocycles. The number of methoxy groups -OCH3 is 1. The summed E-state index contributed by atoms with van der Waals surface area (Å²) in [6.07, 6.45) is -1.01. The highest BCUT2D eigenvalue weighted by atomic mass is 79.9. The highest BCUT2D eigenvalue weighted by Gasteiger charge is 2.60. The van der Waals surface area contributed by atoms with Crippen LogP contribution in [0.15, 0.2) is 71.2 Å². The Morgan fingerprint density at radius 1 is 1.00 bits per heavy atom. The molecule has 35 heavy (non-hydrogen) atoms. The molecular weight excluding hydrogens is 516 g/mol. The van der Waals surface area contributed by atoms with Gasteiger partial charge in [-0.15, -0.1) is 0 Å². The van der Waals surface area contributed by atoms with Gasteiger partial charge in [0.2, 0.25) is 5.91 Å². The normalized spacial score (nSPS) is 21.4. The second-order valence-electron chi connectivity index (χ2n) is 8.15. The molecule has 1 N–H and O–H groups in total. The molecule has 0 unspecified atom stereocenters. The van der Waals surface area contributed by atoms with Crippen molar-refractivity contribution in [1.82, 2.24) is 0 Å². The number of phenolic OH excluding ortho intramolecular Hbond substituents is 1. The number of rotatable bonds is 6. The van der Waals surface area contributed by atoms with E-state index in [-0.39, 0.29) is 17.4 Å². The summed E-state index contributed by atoms with van der Waals surface area (Å²) in [5, 5.41) is 11.9. The van der Waals surface area contributed by atoms with Crippen molar-refractivity contribution < 1.29 is 29.0 Å². The van der Waals surface area contributed by atoms with Crippen molar-refractivity contribution in [2.75, 3.05) is 23.7 Å². The Balaban J connectivity index is 1.60. The molecule has 0 bridgehead atoms. The topological polar surface area (TPSA) is 88.5 Å². The van der Waals surface area contributed by atoms with Crippen molar-refractivity contribution in [3.63, 3.8) is 0 Å². The van der Waals surface area contributed by atoms with Crippen molar-refractivity contribution in [2.24, 2.45) is 5.92 Å². The van der Waals surface area contributed by atoms with Crippen molar-refractivity contribution in [3.8, 4) is 17.2 Å². The number of hydrogen-bond donors (Lipinski definition) is 1. The molecule has 0 aromatic heterocycles. The van der Waals surface area contributed by atoms with Gasteiger partial charge in [0, 0.05) is 6.07 Å². The number of aromatic hydroxyl groups is 1. The zero-order chi connectivity index (χ0) is 24.7. The predicted octanol–water partition coefficient (Wildman–Crippen LogP) is 4.61. The highest BCUT2D eigenvalue weighted by molar-refractivity contribution is 9.10. The number of phenols is 1. The van der Waals surface area contributed by atoms with E-state index in [0.29, 0.717) is 33.8 Å². The van der Waals surface area contributed by atoms with Crippen LogP contribution in [-0.2, 0) is 14.4 Å². The van der Waals surface area contributed by atoms with Crippen LogP contribution in [0.3, 0.4) is 0 Å². The lowest BCUT2D eigenvalue weighted by atomic mass is 9.90. The third kappa shape index (κ3) is 3.90. The Morgan fingerprint density at radius 3 is 2.46 bits per heavy atom. The molecule has 3 aromatic carbocycles. The Bertz CT molecular complexity index is 1280. The summed E-state index contributed by atoms with van der Waals surface area (Å²) in [6, 6.07) is 18.9. The lowest BCUT2D eigenvalue weighted by Gasteiger charge is -2.29. The van der Waals surface area contributed by atoms with Crippen LogP contribution in [0.1, 0.15) is 18.5 Å². The van der Waals surface area contributed by atoms with Gasteiger partial charge in [-0.25, -0.2) is 9.96 Å². The maximum Gasteiger partial charge on any atom is 0.266 e. The second-order valence-corrected chi connectivity index (χ2v) is 9.01. The fourth-order valence-corrected chi connectivity index (χ4v) is 5.07. The molecule has 2 saturated heterocycles. The van der Waals surface area contributed by atoms with Crippen LogP contribution >= 0.6 is 15.9 Å². The summed E-state index contributed by atoms with van der Waals surface area (Å²) >= 11 is 3.37. The summed E-state index contributed by atoms with van der Waals surface area (Å²) in [5.74, 6) is -0.884. The number of ether oxygens (including phenoxy) is 2. The number of halogens is 1. The molecule has 180 valence electrons. The average molecular weight is 539 g/mol. The lowest BCUT2D eigenvalue weighted by Crippen LogP contribution is -2.37. The van der Waals surface area contributed by atoms with Gasteiger partial charge < -0.3 is 14.6 Å². The van der Waals surface area contributed by atoms with E-state index in [2.05, 4.69) is 15.9 Å². The van der Waals surface area contributed by atoms with E-state index in [4.69, 9.17) is 14.3 Å². The van der Waals surface area contributed by atoms with Crippen LogP contribution in [0.5, 0.6) is 17.2 Å². The minimum Gasteiger partial charge on any atom is -0.503 e. The van der Waals surface area contributed by atoms with E-state index >= 15 is 0 Å². The minimum absolute atomic E-state index is 0.0545. The van der Waals surface area contributed by atoms with E-state index in [0.717, 1.165) is 0 Å². The molecule has 2 amide bonds. The maximum atomic E-state index is 13.8. The van der Waals surface area contributed by atoms with E-state index in [1.807, 2.05) is 37.3 Å². The third-order valence-electron chi connectivity index (χ3n) is 6.13. The molecule has 2 aliphatic heterocycles. The second kappa shape index (κ2) is 9.24. The van der Waals surface area contributed by atoms with Crippen LogP contribution < -0.4 is 19.4 Å². The van der Waals surface area contributed by atoms with Crippen molar-refractivity contribution in [1.29, 1.82) is 0 Å². The fourth-order valence-electron chi connectivity index (χ4n) is 4.61. The lowest BCUT2D eigenvalue weighted by molar-refractivity contribution is -0.126. The maximum absolute atomic E-state index is 13.8. The summed E-state index contributed by atoms with van der Waals surface area (Å²) in [6.45, 7) is 2.33. The quantitative estimate of drug-likeness (QED) is 0.458. The average Bonchev–Trinajstić information content (AvgIpc) is 3.37. The first-order valence-electron chi connectivity index (χ1n) is 11.1. The largest absolute Gasteiger partial charge is 0.503 e. The SMILES string of the molecule is CCOc1cccc(N2C(=O)[C@@H]3[C@@H](ON(c4ccccc4)[C@H]3c3cc(Br)c(O)c(OC)c3)C2=O)c1. The number of carbonyl (C=O) groups is 2. The highest BCUT2D eigenvalue weighted by Crippen LogP contribution is 2.49. The Kier molecular flexibility index (Phi) is 6.12. The molecule has 2 fully saturated rings. The third-order valence-corrected chi connectivity index (χ3v) is 6.73. The number of amides is 2. The minimum atomic E-state index is -1.01. The number of hydrogen-bond acceptors (Lipinski definition) is 7. The van der Waals surface area contributed by atoms with Crippen LogP contribution in [0.25, 0.3) is 0 Å². The molecule has 2 aliphatic rings. The van der Waals surface area contributed by atoms with E-state index in [1.165, 1.54) is 12.0 Å². The molecule has 0 aliphatic carbocycles. The molecule has 9 heteroatoms. The number of imide groups is 1. The molecule has 5 rings (SSSR count). The molecule has 2 heterocycles. The molecular formula is C26H23BrN2O6. The summed E-state index contributed by atoms with van der Waals surface area (Å²) in [4.78, 5) is 34.6. The standard InChI is InChI=1S/C26H23BrN2O6/c1-3-34-18-11-7-10-17(14-18)28-25(31)21-22(15-12-19(27)23(30)20(13-15)33-2)29(35-24(21)26(28)32)16-8-5-4-6-9-16/h4-14,21-22,24,30H,3H2,1-2H3/t21-,22-,24+/m0/s1. The summed E-state index contributed by atoms with van der Waals surface area (Å²) < 4.78 is 11.3. The molecule has 3 aromatic rings. The zero-order valence-corrected chi connectivity index (χ0v) is 20.6. The fraction of sp³-hybridized carbons (Fsp3) is 0.231. The Morgan fingerprint density at radius 2 is 1.74 bits per heavy atom. The predicted molar refractivity (Wildman–Crippen MR) is 132 cm³/mol. The van der Waals surface area contributed by atoms with Gasteiger partial charge in [-0.3, -0.25) is 14.4 Å². The van der Waals surface area contributed by atoms with Gasteiger partial charge in [0.15, 0.2) is 17.6 Å².